The van der Waals surface area contributed by atoms with Crippen LogP contribution in [-0.4, -0.2) is 9.38 Å². The highest BCUT2D eigenvalue weighted by atomic mass is 35.5. The van der Waals surface area contributed by atoms with Gasteiger partial charge >= 0.3 is 0 Å². The standard InChI is InChI=1S/C12H8ClN3O/c1-7-11(15-17)16-6-5-8-9(12(16)14-7)3-2-4-10(8)13/h2-6H,1H3. The number of rotatable bonds is 1. The SMILES string of the molecule is Cc1nc2c3cccc(Cl)c3ccn2c1N=O. The molecule has 3 aromatic rings. The second kappa shape index (κ2) is 3.53. The molecule has 0 spiro atoms. The summed E-state index contributed by atoms with van der Waals surface area (Å²) in [5.41, 5.74) is 1.32. The Morgan fingerprint density at radius 1 is 1.29 bits per heavy atom. The minimum atomic E-state index is 0.335. The van der Waals surface area contributed by atoms with Crippen molar-refractivity contribution in [2.24, 2.45) is 5.18 Å². The Labute approximate surface area is 102 Å². The number of pyridine rings is 1. The van der Waals surface area contributed by atoms with Gasteiger partial charge in [-0.2, -0.15) is 0 Å². The van der Waals surface area contributed by atoms with Gasteiger partial charge in [0.05, 0.1) is 5.69 Å². The van der Waals surface area contributed by atoms with Crippen LogP contribution in [-0.2, 0) is 0 Å². The molecule has 4 nitrogen and oxygen atoms in total. The highest BCUT2D eigenvalue weighted by molar-refractivity contribution is 6.35. The topological polar surface area (TPSA) is 46.7 Å². The van der Waals surface area contributed by atoms with E-state index in [1.807, 2.05) is 24.3 Å². The van der Waals surface area contributed by atoms with E-state index in [0.717, 1.165) is 10.8 Å². The maximum Gasteiger partial charge on any atom is 0.204 e. The third-order valence-electron chi connectivity index (χ3n) is 2.82. The van der Waals surface area contributed by atoms with E-state index in [-0.39, 0.29) is 0 Å². The molecule has 17 heavy (non-hydrogen) atoms. The number of aryl methyl sites for hydroxylation is 1. The number of halogens is 1. The summed E-state index contributed by atoms with van der Waals surface area (Å²) in [5.74, 6) is 0.335. The maximum absolute atomic E-state index is 10.8. The van der Waals surface area contributed by atoms with Crippen molar-refractivity contribution < 1.29 is 0 Å². The van der Waals surface area contributed by atoms with E-state index >= 15 is 0 Å². The number of imidazole rings is 1. The molecule has 0 bridgehead atoms. The molecule has 5 heteroatoms. The molecule has 0 aliphatic rings. The molecule has 0 fully saturated rings. The molecule has 0 aliphatic heterocycles. The minimum Gasteiger partial charge on any atom is -0.281 e. The van der Waals surface area contributed by atoms with Crippen LogP contribution in [0.25, 0.3) is 16.4 Å². The molecule has 0 N–H and O–H groups in total. The van der Waals surface area contributed by atoms with Gasteiger partial charge in [-0.3, -0.25) is 4.40 Å². The molecule has 0 amide bonds. The molecule has 84 valence electrons. The van der Waals surface area contributed by atoms with Crippen LogP contribution >= 0.6 is 11.6 Å². The molecule has 2 aromatic heterocycles. The number of aromatic nitrogens is 2. The Morgan fingerprint density at radius 3 is 2.88 bits per heavy atom. The highest BCUT2D eigenvalue weighted by Gasteiger charge is 2.12. The van der Waals surface area contributed by atoms with Crippen molar-refractivity contribution in [2.45, 2.75) is 6.92 Å². The molecule has 0 saturated carbocycles. The van der Waals surface area contributed by atoms with E-state index in [2.05, 4.69) is 10.2 Å². The third-order valence-corrected chi connectivity index (χ3v) is 3.15. The summed E-state index contributed by atoms with van der Waals surface area (Å²) in [7, 11) is 0. The third kappa shape index (κ3) is 1.34. The van der Waals surface area contributed by atoms with Crippen molar-refractivity contribution in [1.82, 2.24) is 9.38 Å². The van der Waals surface area contributed by atoms with Crippen molar-refractivity contribution in [1.29, 1.82) is 0 Å². The predicted molar refractivity (Wildman–Crippen MR) is 67.9 cm³/mol. The van der Waals surface area contributed by atoms with Gasteiger partial charge in [-0.1, -0.05) is 23.7 Å². The normalized spacial score (nSPS) is 11.2. The van der Waals surface area contributed by atoms with Gasteiger partial charge in [-0.25, -0.2) is 4.98 Å². The number of benzene rings is 1. The van der Waals surface area contributed by atoms with Crippen LogP contribution in [0.4, 0.5) is 5.82 Å². The van der Waals surface area contributed by atoms with Crippen molar-refractivity contribution in [3.63, 3.8) is 0 Å². The van der Waals surface area contributed by atoms with Crippen molar-refractivity contribution in [3.05, 3.63) is 46.1 Å². The first-order chi connectivity index (χ1) is 8.22. The molecule has 1 aromatic carbocycles. The minimum absolute atomic E-state index is 0.335. The Balaban J connectivity index is 2.57. The molecular formula is C12H8ClN3O. The quantitative estimate of drug-likeness (QED) is 0.612. The first-order valence-corrected chi connectivity index (χ1v) is 5.49. The summed E-state index contributed by atoms with van der Waals surface area (Å²) in [4.78, 5) is 15.1. The number of hydrogen-bond donors (Lipinski definition) is 0. The zero-order chi connectivity index (χ0) is 12.0. The summed E-state index contributed by atoms with van der Waals surface area (Å²) >= 11 is 6.12. The second-order valence-corrected chi connectivity index (χ2v) is 4.23. The molecule has 0 atom stereocenters. The van der Waals surface area contributed by atoms with E-state index in [1.165, 1.54) is 0 Å². The number of nitrogens with zero attached hydrogens (tertiary/aromatic N) is 3. The van der Waals surface area contributed by atoms with E-state index in [1.54, 1.807) is 17.5 Å². The fourth-order valence-corrected chi connectivity index (χ4v) is 2.27. The molecule has 0 aliphatic carbocycles. The van der Waals surface area contributed by atoms with E-state index in [4.69, 9.17) is 11.6 Å². The predicted octanol–water partition coefficient (Wildman–Crippen LogP) is 3.85. The van der Waals surface area contributed by atoms with Gasteiger partial charge in [0.15, 0.2) is 0 Å². The largest absolute Gasteiger partial charge is 0.281 e. The lowest BCUT2D eigenvalue weighted by Gasteiger charge is -2.02. The van der Waals surface area contributed by atoms with E-state index in [9.17, 15) is 4.91 Å². The van der Waals surface area contributed by atoms with Gasteiger partial charge in [0.2, 0.25) is 5.82 Å². The van der Waals surface area contributed by atoms with E-state index < -0.39 is 0 Å². The Kier molecular flexibility index (Phi) is 2.12. The van der Waals surface area contributed by atoms with Crippen molar-refractivity contribution in [3.8, 4) is 0 Å². The summed E-state index contributed by atoms with van der Waals surface area (Å²) in [6.45, 7) is 1.76. The Hall–Kier alpha value is -1.94. The fraction of sp³-hybridized carbons (Fsp3) is 0.0833. The summed E-state index contributed by atoms with van der Waals surface area (Å²) < 4.78 is 1.68. The number of hydrogen-bond acceptors (Lipinski definition) is 3. The van der Waals surface area contributed by atoms with Gasteiger partial charge < -0.3 is 0 Å². The average Bonchev–Trinajstić information content (AvgIpc) is 2.65. The summed E-state index contributed by atoms with van der Waals surface area (Å²) in [6.07, 6.45) is 1.76. The Morgan fingerprint density at radius 2 is 2.12 bits per heavy atom. The molecule has 3 rings (SSSR count). The summed E-state index contributed by atoms with van der Waals surface area (Å²) in [6, 6.07) is 7.48. The van der Waals surface area contributed by atoms with Crippen LogP contribution in [0.1, 0.15) is 5.69 Å². The van der Waals surface area contributed by atoms with Crippen LogP contribution in [0.5, 0.6) is 0 Å². The highest BCUT2D eigenvalue weighted by Crippen LogP contribution is 2.29. The lowest BCUT2D eigenvalue weighted by Crippen LogP contribution is -1.85. The first-order valence-electron chi connectivity index (χ1n) is 5.11. The maximum atomic E-state index is 10.8. The lowest BCUT2D eigenvalue weighted by atomic mass is 10.2. The van der Waals surface area contributed by atoms with Crippen LogP contribution in [0.3, 0.4) is 0 Å². The van der Waals surface area contributed by atoms with Crippen molar-refractivity contribution >= 4 is 33.8 Å². The number of nitroso groups, excluding NO2 is 1. The molecule has 0 saturated heterocycles. The van der Waals surface area contributed by atoms with Crippen LogP contribution in [0.15, 0.2) is 35.6 Å². The molecular weight excluding hydrogens is 238 g/mol. The van der Waals surface area contributed by atoms with Gasteiger partial charge in [0.25, 0.3) is 0 Å². The molecule has 0 unspecified atom stereocenters. The van der Waals surface area contributed by atoms with Gasteiger partial charge in [0, 0.05) is 22.0 Å². The van der Waals surface area contributed by atoms with Gasteiger partial charge in [-0.15, -0.1) is 4.91 Å². The molecule has 0 radical (unpaired) electrons. The fourth-order valence-electron chi connectivity index (χ4n) is 2.03. The molecule has 2 heterocycles. The van der Waals surface area contributed by atoms with Crippen LogP contribution in [0, 0.1) is 11.8 Å². The lowest BCUT2D eigenvalue weighted by molar-refractivity contribution is 1.16. The average molecular weight is 246 g/mol. The van der Waals surface area contributed by atoms with Gasteiger partial charge in [-0.05, 0) is 24.2 Å². The van der Waals surface area contributed by atoms with E-state index in [0.29, 0.717) is 22.2 Å². The Bertz CT molecular complexity index is 748. The monoisotopic (exact) mass is 245 g/mol. The zero-order valence-corrected chi connectivity index (χ0v) is 9.77. The van der Waals surface area contributed by atoms with Gasteiger partial charge in [0.1, 0.15) is 5.65 Å². The van der Waals surface area contributed by atoms with Crippen LogP contribution < -0.4 is 0 Å². The first kappa shape index (κ1) is 10.2. The smallest absolute Gasteiger partial charge is 0.204 e. The number of fused-ring (bicyclic) bond motifs is 3. The zero-order valence-electron chi connectivity index (χ0n) is 9.01. The van der Waals surface area contributed by atoms with Crippen molar-refractivity contribution in [2.75, 3.05) is 0 Å². The summed E-state index contributed by atoms with van der Waals surface area (Å²) in [5, 5.41) is 5.51. The van der Waals surface area contributed by atoms with Crippen LogP contribution in [0.2, 0.25) is 5.02 Å². The second-order valence-electron chi connectivity index (χ2n) is 3.82.